The second-order valence-electron chi connectivity index (χ2n) is 5.48. The third-order valence-corrected chi connectivity index (χ3v) is 3.53. The molecule has 1 amide bonds. The molecule has 2 aromatic rings. The van der Waals surface area contributed by atoms with E-state index in [2.05, 4.69) is 10.3 Å². The summed E-state index contributed by atoms with van der Waals surface area (Å²) < 4.78 is 0. The molecular weight excluding hydrogens is 240 g/mol. The van der Waals surface area contributed by atoms with Gasteiger partial charge in [0.2, 0.25) is 5.91 Å². The van der Waals surface area contributed by atoms with E-state index in [1.807, 2.05) is 44.3 Å². The molecule has 4 heteroatoms. The number of amides is 1. The number of benzene rings is 1. The predicted octanol–water partition coefficient (Wildman–Crippen LogP) is 1.99. The van der Waals surface area contributed by atoms with Crippen molar-refractivity contribution in [1.82, 2.24) is 10.3 Å². The van der Waals surface area contributed by atoms with Gasteiger partial charge in [-0.05, 0) is 32.4 Å². The number of aromatic nitrogens is 1. The SMILES string of the molecule is CC(O)C(C)(C)NC(=O)Cc1c[nH]c2ccccc12. The molecular formula is C15H20N2O2. The van der Waals surface area contributed by atoms with Gasteiger partial charge in [-0.3, -0.25) is 4.79 Å². The number of carbonyl (C=O) groups excluding carboxylic acids is 1. The van der Waals surface area contributed by atoms with Gasteiger partial charge in [-0.1, -0.05) is 18.2 Å². The van der Waals surface area contributed by atoms with Crippen molar-refractivity contribution in [3.63, 3.8) is 0 Å². The first kappa shape index (κ1) is 13.6. The highest BCUT2D eigenvalue weighted by Gasteiger charge is 2.26. The summed E-state index contributed by atoms with van der Waals surface area (Å²) in [5.41, 5.74) is 1.37. The monoisotopic (exact) mass is 260 g/mol. The number of para-hydroxylation sites is 1. The summed E-state index contributed by atoms with van der Waals surface area (Å²) in [4.78, 5) is 15.2. The second-order valence-corrected chi connectivity index (χ2v) is 5.48. The first-order valence-electron chi connectivity index (χ1n) is 6.44. The van der Waals surface area contributed by atoms with Crippen LogP contribution in [0.2, 0.25) is 0 Å². The maximum absolute atomic E-state index is 12.0. The summed E-state index contributed by atoms with van der Waals surface area (Å²) in [6.45, 7) is 5.29. The van der Waals surface area contributed by atoms with Crippen LogP contribution in [0.15, 0.2) is 30.5 Å². The Morgan fingerprint density at radius 2 is 2.11 bits per heavy atom. The molecule has 0 spiro atoms. The van der Waals surface area contributed by atoms with E-state index in [4.69, 9.17) is 0 Å². The van der Waals surface area contributed by atoms with Gasteiger partial charge in [0.1, 0.15) is 0 Å². The van der Waals surface area contributed by atoms with E-state index in [0.717, 1.165) is 16.5 Å². The molecule has 0 saturated carbocycles. The van der Waals surface area contributed by atoms with Crippen LogP contribution in [0.5, 0.6) is 0 Å². The molecule has 102 valence electrons. The fourth-order valence-corrected chi connectivity index (χ4v) is 1.96. The molecule has 19 heavy (non-hydrogen) atoms. The number of aromatic amines is 1. The molecule has 0 aliphatic heterocycles. The van der Waals surface area contributed by atoms with Gasteiger partial charge in [0.25, 0.3) is 0 Å². The Hall–Kier alpha value is -1.81. The Morgan fingerprint density at radius 1 is 1.42 bits per heavy atom. The number of aliphatic hydroxyl groups excluding tert-OH is 1. The number of fused-ring (bicyclic) bond motifs is 1. The molecule has 4 nitrogen and oxygen atoms in total. The number of hydrogen-bond donors (Lipinski definition) is 3. The maximum Gasteiger partial charge on any atom is 0.225 e. The van der Waals surface area contributed by atoms with Crippen molar-refractivity contribution in [2.24, 2.45) is 0 Å². The largest absolute Gasteiger partial charge is 0.391 e. The second kappa shape index (κ2) is 5.05. The van der Waals surface area contributed by atoms with Gasteiger partial charge in [-0.25, -0.2) is 0 Å². The van der Waals surface area contributed by atoms with Crippen LogP contribution in [0.4, 0.5) is 0 Å². The molecule has 0 fully saturated rings. The Labute approximate surface area is 112 Å². The summed E-state index contributed by atoms with van der Waals surface area (Å²) in [6, 6.07) is 7.89. The topological polar surface area (TPSA) is 65.1 Å². The van der Waals surface area contributed by atoms with Gasteiger partial charge in [-0.2, -0.15) is 0 Å². The van der Waals surface area contributed by atoms with E-state index in [0.29, 0.717) is 6.42 Å². The Bertz CT molecular complexity index is 585. The molecule has 0 aliphatic rings. The van der Waals surface area contributed by atoms with Crippen molar-refractivity contribution in [1.29, 1.82) is 0 Å². The standard InChI is InChI=1S/C15H20N2O2/c1-10(18)15(2,3)17-14(19)8-11-9-16-13-7-5-4-6-12(11)13/h4-7,9-10,16,18H,8H2,1-3H3,(H,17,19). The van der Waals surface area contributed by atoms with Gasteiger partial charge in [-0.15, -0.1) is 0 Å². The van der Waals surface area contributed by atoms with Crippen LogP contribution < -0.4 is 5.32 Å². The molecule has 1 heterocycles. The highest BCUT2D eigenvalue weighted by atomic mass is 16.3. The Balaban J connectivity index is 2.11. The van der Waals surface area contributed by atoms with Gasteiger partial charge in [0.15, 0.2) is 0 Å². The van der Waals surface area contributed by atoms with Crippen molar-refractivity contribution in [3.05, 3.63) is 36.0 Å². The van der Waals surface area contributed by atoms with Crippen molar-refractivity contribution in [2.75, 3.05) is 0 Å². The van der Waals surface area contributed by atoms with Crippen molar-refractivity contribution >= 4 is 16.8 Å². The number of carbonyl (C=O) groups is 1. The Morgan fingerprint density at radius 3 is 2.79 bits per heavy atom. The van der Waals surface area contributed by atoms with E-state index in [1.165, 1.54) is 0 Å². The number of aliphatic hydroxyl groups is 1. The zero-order valence-electron chi connectivity index (χ0n) is 11.5. The van der Waals surface area contributed by atoms with Crippen LogP contribution in [0.25, 0.3) is 10.9 Å². The van der Waals surface area contributed by atoms with Crippen molar-refractivity contribution in [2.45, 2.75) is 38.8 Å². The number of hydrogen-bond acceptors (Lipinski definition) is 2. The zero-order valence-corrected chi connectivity index (χ0v) is 11.5. The molecule has 0 saturated heterocycles. The molecule has 1 aromatic heterocycles. The Kier molecular flexibility index (Phi) is 3.62. The van der Waals surface area contributed by atoms with Crippen LogP contribution in [-0.2, 0) is 11.2 Å². The minimum atomic E-state index is -0.622. The van der Waals surface area contributed by atoms with E-state index < -0.39 is 11.6 Å². The summed E-state index contributed by atoms with van der Waals surface area (Å²) in [5, 5.41) is 13.5. The maximum atomic E-state index is 12.0. The van der Waals surface area contributed by atoms with Crippen molar-refractivity contribution in [3.8, 4) is 0 Å². The number of H-pyrrole nitrogens is 1. The molecule has 2 rings (SSSR count). The predicted molar refractivity (Wildman–Crippen MR) is 75.9 cm³/mol. The third-order valence-electron chi connectivity index (χ3n) is 3.53. The fraction of sp³-hybridized carbons (Fsp3) is 0.400. The molecule has 0 aliphatic carbocycles. The van der Waals surface area contributed by atoms with Gasteiger partial charge < -0.3 is 15.4 Å². The number of nitrogens with one attached hydrogen (secondary N) is 2. The summed E-state index contributed by atoms with van der Waals surface area (Å²) in [7, 11) is 0. The minimum absolute atomic E-state index is 0.0874. The minimum Gasteiger partial charge on any atom is -0.391 e. The normalized spacial score (nSPS) is 13.5. The van der Waals surface area contributed by atoms with E-state index in [9.17, 15) is 9.90 Å². The first-order chi connectivity index (χ1) is 8.90. The smallest absolute Gasteiger partial charge is 0.225 e. The summed E-state index contributed by atoms with van der Waals surface area (Å²) in [6.07, 6.45) is 1.57. The molecule has 3 N–H and O–H groups in total. The lowest BCUT2D eigenvalue weighted by molar-refractivity contribution is -0.123. The molecule has 1 unspecified atom stereocenters. The molecule has 0 bridgehead atoms. The fourth-order valence-electron chi connectivity index (χ4n) is 1.96. The number of rotatable bonds is 4. The van der Waals surface area contributed by atoms with Gasteiger partial charge in [0.05, 0.1) is 18.1 Å². The van der Waals surface area contributed by atoms with Crippen LogP contribution in [-0.4, -0.2) is 27.6 Å². The lowest BCUT2D eigenvalue weighted by atomic mass is 9.98. The zero-order chi connectivity index (χ0) is 14.0. The lowest BCUT2D eigenvalue weighted by Gasteiger charge is -2.29. The summed E-state index contributed by atoms with van der Waals surface area (Å²) >= 11 is 0. The van der Waals surface area contributed by atoms with Crippen LogP contribution in [0.1, 0.15) is 26.3 Å². The van der Waals surface area contributed by atoms with E-state index in [1.54, 1.807) is 6.92 Å². The van der Waals surface area contributed by atoms with E-state index in [-0.39, 0.29) is 5.91 Å². The average molecular weight is 260 g/mol. The molecule has 0 radical (unpaired) electrons. The van der Waals surface area contributed by atoms with Gasteiger partial charge >= 0.3 is 0 Å². The van der Waals surface area contributed by atoms with Crippen LogP contribution in [0, 0.1) is 0 Å². The lowest BCUT2D eigenvalue weighted by Crippen LogP contribution is -2.51. The van der Waals surface area contributed by atoms with Gasteiger partial charge in [0, 0.05) is 17.1 Å². The highest BCUT2D eigenvalue weighted by Crippen LogP contribution is 2.18. The quantitative estimate of drug-likeness (QED) is 0.787. The van der Waals surface area contributed by atoms with Crippen LogP contribution >= 0.6 is 0 Å². The van der Waals surface area contributed by atoms with Crippen molar-refractivity contribution < 1.29 is 9.90 Å². The first-order valence-corrected chi connectivity index (χ1v) is 6.44. The summed E-state index contributed by atoms with van der Waals surface area (Å²) in [5.74, 6) is -0.0874. The average Bonchev–Trinajstić information content (AvgIpc) is 2.72. The van der Waals surface area contributed by atoms with Crippen LogP contribution in [0.3, 0.4) is 0 Å². The molecule has 1 aromatic carbocycles. The van der Waals surface area contributed by atoms with E-state index >= 15 is 0 Å². The molecule has 1 atom stereocenters. The highest BCUT2D eigenvalue weighted by molar-refractivity contribution is 5.89. The third kappa shape index (κ3) is 2.96.